The molecule has 0 saturated heterocycles. The molecule has 32 heavy (non-hydrogen) atoms. The lowest BCUT2D eigenvalue weighted by molar-refractivity contribution is 0.102. The van der Waals surface area contributed by atoms with Crippen LogP contribution in [0.3, 0.4) is 0 Å². The van der Waals surface area contributed by atoms with Gasteiger partial charge in [0.2, 0.25) is 5.88 Å². The lowest BCUT2D eigenvalue weighted by atomic mass is 10.3. The Labute approximate surface area is 182 Å². The summed E-state index contributed by atoms with van der Waals surface area (Å²) in [6.07, 6.45) is 3.27. The topological polar surface area (TPSA) is 150 Å². The average molecular weight is 455 g/mol. The monoisotopic (exact) mass is 455 g/mol. The molecule has 0 aliphatic heterocycles. The van der Waals surface area contributed by atoms with Crippen molar-refractivity contribution in [2.24, 2.45) is 0 Å². The fourth-order valence-electron chi connectivity index (χ4n) is 2.70. The highest BCUT2D eigenvalue weighted by molar-refractivity contribution is 7.92. The van der Waals surface area contributed by atoms with Crippen LogP contribution in [0.4, 0.5) is 11.5 Å². The molecule has 1 amide bonds. The predicted molar refractivity (Wildman–Crippen MR) is 113 cm³/mol. The number of ether oxygens (including phenoxy) is 2. The molecule has 2 N–H and O–H groups in total. The molecule has 1 aromatic carbocycles. The number of hydrogen-bond donors (Lipinski definition) is 2. The van der Waals surface area contributed by atoms with Crippen molar-refractivity contribution in [3.63, 3.8) is 0 Å². The van der Waals surface area contributed by atoms with Crippen LogP contribution in [0.25, 0.3) is 5.65 Å². The second-order valence-electron chi connectivity index (χ2n) is 6.32. The third-order valence-electron chi connectivity index (χ3n) is 4.20. The van der Waals surface area contributed by atoms with Crippen molar-refractivity contribution in [3.05, 3.63) is 60.6 Å². The molecule has 0 radical (unpaired) electrons. The number of sulfonamides is 1. The molecular weight excluding hydrogens is 438 g/mol. The van der Waals surface area contributed by atoms with E-state index in [1.54, 1.807) is 24.5 Å². The van der Waals surface area contributed by atoms with Gasteiger partial charge in [-0.25, -0.2) is 17.9 Å². The maximum atomic E-state index is 12.7. The summed E-state index contributed by atoms with van der Waals surface area (Å²) in [7, 11) is -1.23. The minimum atomic E-state index is -3.97. The Balaban J connectivity index is 1.49. The number of carbonyl (C=O) groups is 1. The van der Waals surface area contributed by atoms with E-state index in [1.165, 1.54) is 49.1 Å². The fraction of sp³-hybridized carbons (Fsp3) is 0.105. The predicted octanol–water partition coefficient (Wildman–Crippen LogP) is 1.59. The highest BCUT2D eigenvalue weighted by atomic mass is 32.2. The third kappa shape index (κ3) is 4.41. The molecule has 0 bridgehead atoms. The zero-order chi connectivity index (χ0) is 22.7. The van der Waals surface area contributed by atoms with E-state index in [1.807, 2.05) is 0 Å². The SMILES string of the molecule is COc1cc(NS(=O)(=O)c2ccc(NC(=O)c3cc4ncccn4n3)cc2)nc(OC)n1. The summed E-state index contributed by atoms with van der Waals surface area (Å²) in [6.45, 7) is 0. The van der Waals surface area contributed by atoms with Gasteiger partial charge in [0.25, 0.3) is 15.9 Å². The number of hydrogen-bond acceptors (Lipinski definition) is 9. The van der Waals surface area contributed by atoms with Gasteiger partial charge >= 0.3 is 6.01 Å². The number of anilines is 2. The Kier molecular flexibility index (Phi) is 5.55. The summed E-state index contributed by atoms with van der Waals surface area (Å²) < 4.78 is 39.2. The number of carbonyl (C=O) groups excluding carboxylic acids is 1. The van der Waals surface area contributed by atoms with E-state index in [2.05, 4.69) is 30.1 Å². The minimum Gasteiger partial charge on any atom is -0.481 e. The van der Waals surface area contributed by atoms with Crippen LogP contribution in [-0.4, -0.2) is 53.1 Å². The zero-order valence-corrected chi connectivity index (χ0v) is 17.7. The van der Waals surface area contributed by atoms with Crippen LogP contribution in [-0.2, 0) is 10.0 Å². The molecule has 0 atom stereocenters. The number of aromatic nitrogens is 5. The summed E-state index contributed by atoms with van der Waals surface area (Å²) in [5, 5.41) is 6.81. The van der Waals surface area contributed by atoms with Crippen molar-refractivity contribution in [2.45, 2.75) is 4.90 Å². The Morgan fingerprint density at radius 2 is 1.84 bits per heavy atom. The van der Waals surface area contributed by atoms with Gasteiger partial charge in [-0.15, -0.1) is 0 Å². The summed E-state index contributed by atoms with van der Waals surface area (Å²) >= 11 is 0. The van der Waals surface area contributed by atoms with Gasteiger partial charge in [-0.05, 0) is 30.3 Å². The molecular formula is C19H17N7O5S. The lowest BCUT2D eigenvalue weighted by Gasteiger charge is -2.10. The van der Waals surface area contributed by atoms with Crippen molar-refractivity contribution in [1.29, 1.82) is 0 Å². The Hall–Kier alpha value is -4.26. The van der Waals surface area contributed by atoms with Crippen molar-refractivity contribution in [3.8, 4) is 11.9 Å². The van der Waals surface area contributed by atoms with E-state index in [9.17, 15) is 13.2 Å². The quantitative estimate of drug-likeness (QED) is 0.423. The van der Waals surface area contributed by atoms with Gasteiger partial charge in [-0.1, -0.05) is 0 Å². The van der Waals surface area contributed by atoms with Crippen LogP contribution >= 0.6 is 0 Å². The van der Waals surface area contributed by atoms with E-state index >= 15 is 0 Å². The Morgan fingerprint density at radius 1 is 1.06 bits per heavy atom. The van der Waals surface area contributed by atoms with E-state index in [4.69, 9.17) is 9.47 Å². The van der Waals surface area contributed by atoms with E-state index in [0.29, 0.717) is 11.3 Å². The smallest absolute Gasteiger partial charge is 0.321 e. The molecule has 13 heteroatoms. The summed E-state index contributed by atoms with van der Waals surface area (Å²) in [6, 6.07) is 10.1. The summed E-state index contributed by atoms with van der Waals surface area (Å²) in [4.78, 5) is 24.4. The molecule has 164 valence electrons. The number of nitrogens with zero attached hydrogens (tertiary/aromatic N) is 5. The zero-order valence-electron chi connectivity index (χ0n) is 16.9. The molecule has 0 spiro atoms. The fourth-order valence-corrected chi connectivity index (χ4v) is 3.69. The molecule has 12 nitrogen and oxygen atoms in total. The summed E-state index contributed by atoms with van der Waals surface area (Å²) in [5.74, 6) is -0.342. The van der Waals surface area contributed by atoms with Crippen molar-refractivity contribution < 1.29 is 22.7 Å². The maximum Gasteiger partial charge on any atom is 0.321 e. The van der Waals surface area contributed by atoms with E-state index in [-0.39, 0.29) is 28.3 Å². The molecule has 0 aliphatic carbocycles. The molecule has 0 saturated carbocycles. The molecule has 3 aromatic heterocycles. The third-order valence-corrected chi connectivity index (χ3v) is 5.57. The van der Waals surface area contributed by atoms with Crippen LogP contribution in [0.2, 0.25) is 0 Å². The Bertz CT molecular complexity index is 1330. The van der Waals surface area contributed by atoms with Gasteiger partial charge in [0.15, 0.2) is 17.2 Å². The molecule has 0 unspecified atom stereocenters. The standard InChI is InChI=1S/C19H17N7O5S/c1-30-17-11-15(22-19(23-17)31-2)25-32(28,29)13-6-4-12(5-7-13)21-18(27)14-10-16-20-8-3-9-26(16)24-14/h3-11H,1-2H3,(H,21,27)(H,22,23,25). The van der Waals surface area contributed by atoms with Crippen molar-refractivity contribution in [1.82, 2.24) is 24.6 Å². The molecule has 4 rings (SSSR count). The second-order valence-corrected chi connectivity index (χ2v) is 8.00. The number of amides is 1. The van der Waals surface area contributed by atoms with Gasteiger partial charge in [0.1, 0.15) is 0 Å². The second kappa shape index (κ2) is 8.47. The van der Waals surface area contributed by atoms with Crippen LogP contribution in [0, 0.1) is 0 Å². The molecule has 0 fully saturated rings. The maximum absolute atomic E-state index is 12.7. The molecule has 4 aromatic rings. The number of methoxy groups -OCH3 is 2. The highest BCUT2D eigenvalue weighted by Crippen LogP contribution is 2.21. The number of nitrogens with one attached hydrogen (secondary N) is 2. The first kappa shape index (κ1) is 21.0. The number of rotatable bonds is 7. The lowest BCUT2D eigenvalue weighted by Crippen LogP contribution is -2.15. The van der Waals surface area contributed by atoms with E-state index < -0.39 is 15.9 Å². The first-order valence-corrected chi connectivity index (χ1v) is 10.6. The first-order chi connectivity index (χ1) is 15.4. The van der Waals surface area contributed by atoms with E-state index in [0.717, 1.165) is 0 Å². The molecule has 0 aliphatic rings. The van der Waals surface area contributed by atoms with Gasteiger partial charge < -0.3 is 14.8 Å². The highest BCUT2D eigenvalue weighted by Gasteiger charge is 2.18. The van der Waals surface area contributed by atoms with Crippen molar-refractivity contribution >= 4 is 33.1 Å². The minimum absolute atomic E-state index is 0.0217. The van der Waals surface area contributed by atoms with Crippen molar-refractivity contribution in [2.75, 3.05) is 24.3 Å². The van der Waals surface area contributed by atoms with Gasteiger partial charge in [0.05, 0.1) is 19.1 Å². The van der Waals surface area contributed by atoms with Crippen LogP contribution < -0.4 is 19.5 Å². The van der Waals surface area contributed by atoms with Gasteiger partial charge in [0, 0.05) is 30.2 Å². The largest absolute Gasteiger partial charge is 0.481 e. The number of fused-ring (bicyclic) bond motifs is 1. The van der Waals surface area contributed by atoms with Gasteiger partial charge in [-0.2, -0.15) is 15.1 Å². The average Bonchev–Trinajstić information content (AvgIpc) is 3.23. The normalized spacial score (nSPS) is 11.2. The van der Waals surface area contributed by atoms with Crippen LogP contribution in [0.15, 0.2) is 59.8 Å². The van der Waals surface area contributed by atoms with Crippen LogP contribution in [0.5, 0.6) is 11.9 Å². The van der Waals surface area contributed by atoms with Gasteiger partial charge in [-0.3, -0.25) is 9.52 Å². The van der Waals surface area contributed by atoms with Crippen LogP contribution in [0.1, 0.15) is 10.5 Å². The number of benzene rings is 1. The summed E-state index contributed by atoms with van der Waals surface area (Å²) in [5.41, 5.74) is 1.10. The first-order valence-electron chi connectivity index (χ1n) is 9.09. The Morgan fingerprint density at radius 3 is 2.53 bits per heavy atom. The molecule has 3 heterocycles.